The third kappa shape index (κ3) is 3.20. The Balaban J connectivity index is 3.15. The molecule has 0 amide bonds. The molecule has 104 valence electrons. The molecule has 1 N–H and O–H groups in total. The van der Waals surface area contributed by atoms with Crippen LogP contribution in [0.2, 0.25) is 18.1 Å². The van der Waals surface area contributed by atoms with Crippen LogP contribution >= 0.6 is 11.3 Å². The fourth-order valence-corrected chi connectivity index (χ4v) is 7.83. The van der Waals surface area contributed by atoms with Crippen molar-refractivity contribution in [2.45, 2.75) is 57.0 Å². The molecule has 0 saturated carbocycles. The Morgan fingerprint density at radius 2 is 1.72 bits per heavy atom. The van der Waals surface area contributed by atoms with Crippen molar-refractivity contribution in [1.29, 1.82) is 0 Å². The quantitative estimate of drug-likeness (QED) is 0.873. The zero-order chi connectivity index (χ0) is 14.4. The van der Waals surface area contributed by atoms with E-state index in [4.69, 9.17) is 0 Å². The summed E-state index contributed by atoms with van der Waals surface area (Å²) < 4.78 is 28.1. The standard InChI is InChI=1S/C11H22N2O2S2Si/c1-8-10(16-9(2)12-8)17(14,15)13-18(6,7)11(3,4)5/h13H,1-7H3. The second-order valence-corrected chi connectivity index (χ2v) is 14.5. The summed E-state index contributed by atoms with van der Waals surface area (Å²) in [7, 11) is -5.54. The van der Waals surface area contributed by atoms with Crippen molar-refractivity contribution in [2.75, 3.05) is 0 Å². The molecule has 1 aromatic heterocycles. The van der Waals surface area contributed by atoms with Crippen LogP contribution in [0.1, 0.15) is 31.5 Å². The van der Waals surface area contributed by atoms with Gasteiger partial charge in [-0.15, -0.1) is 11.3 Å². The molecule has 1 rings (SSSR count). The predicted octanol–water partition coefficient (Wildman–Crippen LogP) is 3.04. The number of aryl methyl sites for hydroxylation is 2. The van der Waals surface area contributed by atoms with Gasteiger partial charge in [-0.2, -0.15) is 0 Å². The first-order valence-electron chi connectivity index (χ1n) is 5.85. The number of nitrogens with one attached hydrogen (secondary N) is 1. The Morgan fingerprint density at radius 3 is 2.06 bits per heavy atom. The monoisotopic (exact) mass is 306 g/mol. The van der Waals surface area contributed by atoms with Gasteiger partial charge in [-0.3, -0.25) is 0 Å². The highest BCUT2D eigenvalue weighted by Crippen LogP contribution is 2.35. The molecule has 0 fully saturated rings. The molecule has 0 unspecified atom stereocenters. The lowest BCUT2D eigenvalue weighted by Crippen LogP contribution is -2.54. The largest absolute Gasteiger partial charge is 0.246 e. The molecule has 0 saturated heterocycles. The van der Waals surface area contributed by atoms with Crippen molar-refractivity contribution in [3.8, 4) is 0 Å². The maximum Gasteiger partial charge on any atom is 0.246 e. The molecule has 0 aliphatic rings. The molecule has 0 radical (unpaired) electrons. The summed E-state index contributed by atoms with van der Waals surface area (Å²) in [5.41, 5.74) is 0.587. The van der Waals surface area contributed by atoms with E-state index in [1.165, 1.54) is 11.3 Å². The van der Waals surface area contributed by atoms with Gasteiger partial charge in [-0.1, -0.05) is 33.9 Å². The van der Waals surface area contributed by atoms with Crippen molar-refractivity contribution in [2.24, 2.45) is 0 Å². The third-order valence-electron chi connectivity index (χ3n) is 3.37. The van der Waals surface area contributed by atoms with E-state index in [9.17, 15) is 8.42 Å². The summed E-state index contributed by atoms with van der Waals surface area (Å²) in [6.45, 7) is 13.9. The van der Waals surface area contributed by atoms with Crippen molar-refractivity contribution in [3.05, 3.63) is 10.7 Å². The summed E-state index contributed by atoms with van der Waals surface area (Å²) in [6, 6.07) is 0. The van der Waals surface area contributed by atoms with E-state index in [1.807, 2.05) is 20.0 Å². The SMILES string of the molecule is Cc1nc(C)c(S(=O)(=O)N[Si](C)(C)C(C)(C)C)s1. The van der Waals surface area contributed by atoms with Gasteiger partial charge >= 0.3 is 0 Å². The van der Waals surface area contributed by atoms with Gasteiger partial charge in [0.25, 0.3) is 0 Å². The Kier molecular flexibility index (Phi) is 4.13. The highest BCUT2D eigenvalue weighted by atomic mass is 32.2. The molecule has 0 aliphatic heterocycles. The van der Waals surface area contributed by atoms with Crippen LogP contribution in [0.25, 0.3) is 0 Å². The molecule has 1 heterocycles. The lowest BCUT2D eigenvalue weighted by Gasteiger charge is -2.36. The zero-order valence-electron chi connectivity index (χ0n) is 12.1. The van der Waals surface area contributed by atoms with Crippen LogP contribution in [0.15, 0.2) is 4.21 Å². The van der Waals surface area contributed by atoms with Crippen molar-refractivity contribution in [1.82, 2.24) is 9.37 Å². The average molecular weight is 307 g/mol. The van der Waals surface area contributed by atoms with Crippen LogP contribution in [0, 0.1) is 13.8 Å². The lowest BCUT2D eigenvalue weighted by molar-refractivity contribution is 0.590. The normalized spacial score (nSPS) is 13.9. The fourth-order valence-electron chi connectivity index (χ4n) is 1.30. The minimum absolute atomic E-state index is 0.0340. The van der Waals surface area contributed by atoms with Crippen molar-refractivity contribution < 1.29 is 8.42 Å². The van der Waals surface area contributed by atoms with Gasteiger partial charge < -0.3 is 0 Å². The smallest absolute Gasteiger partial charge is 0.245 e. The van der Waals surface area contributed by atoms with E-state index in [0.29, 0.717) is 9.90 Å². The summed E-state index contributed by atoms with van der Waals surface area (Å²) >= 11 is 1.23. The molecule has 18 heavy (non-hydrogen) atoms. The van der Waals surface area contributed by atoms with E-state index >= 15 is 0 Å². The van der Waals surface area contributed by atoms with Gasteiger partial charge in [0.1, 0.15) is 8.24 Å². The summed E-state index contributed by atoms with van der Waals surface area (Å²) in [4.78, 5) is 4.18. The zero-order valence-corrected chi connectivity index (χ0v) is 14.7. The molecular formula is C11H22N2O2S2Si. The number of rotatable bonds is 3. The molecular weight excluding hydrogens is 284 g/mol. The van der Waals surface area contributed by atoms with Crippen LogP contribution in [0.3, 0.4) is 0 Å². The van der Waals surface area contributed by atoms with Gasteiger partial charge in [0.15, 0.2) is 4.21 Å². The van der Waals surface area contributed by atoms with Gasteiger partial charge in [-0.25, -0.2) is 17.8 Å². The first kappa shape index (κ1) is 15.8. The Hall–Kier alpha value is -0.243. The third-order valence-corrected chi connectivity index (χ3v) is 12.8. The molecule has 0 aliphatic carbocycles. The number of hydrogen-bond donors (Lipinski definition) is 1. The predicted molar refractivity (Wildman–Crippen MR) is 79.1 cm³/mol. The molecule has 0 spiro atoms. The second kappa shape index (κ2) is 4.70. The Morgan fingerprint density at radius 1 is 1.22 bits per heavy atom. The minimum atomic E-state index is -3.44. The highest BCUT2D eigenvalue weighted by molar-refractivity contribution is 7.93. The number of thiazole rings is 1. The number of aromatic nitrogens is 1. The average Bonchev–Trinajstić information content (AvgIpc) is 2.41. The van der Waals surface area contributed by atoms with E-state index in [-0.39, 0.29) is 5.04 Å². The number of sulfonamides is 1. The molecule has 7 heteroatoms. The second-order valence-electron chi connectivity index (χ2n) is 6.09. The van der Waals surface area contributed by atoms with Gasteiger partial charge in [0, 0.05) is 0 Å². The minimum Gasteiger partial charge on any atom is -0.245 e. The number of nitrogens with zero attached hydrogens (tertiary/aromatic N) is 1. The van der Waals surface area contributed by atoms with Crippen LogP contribution in [-0.4, -0.2) is 21.6 Å². The molecule has 4 nitrogen and oxygen atoms in total. The summed E-state index contributed by atoms with van der Waals surface area (Å²) in [5.74, 6) is 0. The van der Waals surface area contributed by atoms with E-state index < -0.39 is 18.3 Å². The maximum absolute atomic E-state index is 12.4. The van der Waals surface area contributed by atoms with Gasteiger partial charge in [0.05, 0.1) is 10.7 Å². The number of hydrogen-bond acceptors (Lipinski definition) is 4. The maximum atomic E-state index is 12.4. The molecule has 0 bridgehead atoms. The van der Waals surface area contributed by atoms with Crippen LogP contribution in [0.4, 0.5) is 0 Å². The van der Waals surface area contributed by atoms with Crippen molar-refractivity contribution >= 4 is 29.6 Å². The molecule has 1 aromatic rings. The van der Waals surface area contributed by atoms with E-state index in [0.717, 1.165) is 5.01 Å². The highest BCUT2D eigenvalue weighted by Gasteiger charge is 2.40. The van der Waals surface area contributed by atoms with Crippen molar-refractivity contribution in [3.63, 3.8) is 0 Å². The van der Waals surface area contributed by atoms with Gasteiger partial charge in [-0.05, 0) is 18.9 Å². The Labute approximate surface area is 115 Å². The first-order valence-corrected chi connectivity index (χ1v) is 11.1. The Bertz CT molecular complexity index is 542. The first-order chi connectivity index (χ1) is 7.87. The van der Waals surface area contributed by atoms with Crippen LogP contribution in [0.5, 0.6) is 0 Å². The van der Waals surface area contributed by atoms with Crippen LogP contribution < -0.4 is 4.39 Å². The van der Waals surface area contributed by atoms with E-state index in [2.05, 4.69) is 30.1 Å². The molecule has 0 atom stereocenters. The van der Waals surface area contributed by atoms with Crippen LogP contribution in [-0.2, 0) is 10.0 Å². The lowest BCUT2D eigenvalue weighted by atomic mass is 10.2. The summed E-state index contributed by atoms with van der Waals surface area (Å²) in [6.07, 6.45) is 0. The van der Waals surface area contributed by atoms with Gasteiger partial charge in [0.2, 0.25) is 10.0 Å². The topological polar surface area (TPSA) is 59.1 Å². The fraction of sp³-hybridized carbons (Fsp3) is 0.727. The molecule has 0 aromatic carbocycles. The van der Waals surface area contributed by atoms with E-state index in [1.54, 1.807) is 6.92 Å². The summed E-state index contributed by atoms with van der Waals surface area (Å²) in [5, 5.41) is 0.747.